The number of carbonyl (C=O) groups is 1. The second-order valence-corrected chi connectivity index (χ2v) is 4.38. The average Bonchev–Trinajstić information content (AvgIpc) is 2.25. The van der Waals surface area contributed by atoms with Crippen LogP contribution in [0, 0.1) is 11.8 Å². The molecule has 1 fully saturated rings. The quantitative estimate of drug-likeness (QED) is 0.633. The number of hydrogen-bond donors (Lipinski definition) is 2. The van der Waals surface area contributed by atoms with Gasteiger partial charge in [-0.05, 0) is 38.3 Å². The molecule has 1 aliphatic heterocycles. The van der Waals surface area contributed by atoms with Crippen molar-refractivity contribution in [2.24, 2.45) is 17.6 Å². The largest absolute Gasteiger partial charge is 0.381 e. The third kappa shape index (κ3) is 5.14. The van der Waals surface area contributed by atoms with Gasteiger partial charge in [-0.1, -0.05) is 6.92 Å². The van der Waals surface area contributed by atoms with Crippen LogP contribution in [0.3, 0.4) is 0 Å². The maximum Gasteiger partial charge on any atom is 0.222 e. The molecule has 2 unspecified atom stereocenters. The zero-order chi connectivity index (χ0) is 11.1. The SMILES string of the molecule is CC(COCCC1CCCNC1)C(N)=O. The van der Waals surface area contributed by atoms with Crippen LogP contribution in [0.1, 0.15) is 26.2 Å². The first-order chi connectivity index (χ1) is 7.20. The Labute approximate surface area is 91.5 Å². The molecule has 2 atom stereocenters. The number of ether oxygens (including phenoxy) is 1. The van der Waals surface area contributed by atoms with Crippen LogP contribution in [0.4, 0.5) is 0 Å². The lowest BCUT2D eigenvalue weighted by Gasteiger charge is -2.22. The first-order valence-corrected chi connectivity index (χ1v) is 5.78. The van der Waals surface area contributed by atoms with Gasteiger partial charge >= 0.3 is 0 Å². The summed E-state index contributed by atoms with van der Waals surface area (Å²) in [5, 5.41) is 3.37. The van der Waals surface area contributed by atoms with Gasteiger partial charge < -0.3 is 15.8 Å². The highest BCUT2D eigenvalue weighted by Gasteiger charge is 2.13. The van der Waals surface area contributed by atoms with E-state index in [1.807, 2.05) is 0 Å². The molecule has 0 spiro atoms. The minimum absolute atomic E-state index is 0.172. The lowest BCUT2D eigenvalue weighted by Crippen LogP contribution is -2.30. The Bertz CT molecular complexity index is 191. The lowest BCUT2D eigenvalue weighted by atomic mass is 9.97. The summed E-state index contributed by atoms with van der Waals surface area (Å²) in [5.41, 5.74) is 5.13. The van der Waals surface area contributed by atoms with E-state index in [9.17, 15) is 4.79 Å². The van der Waals surface area contributed by atoms with Crippen LogP contribution in [0.25, 0.3) is 0 Å². The molecule has 1 rings (SSSR count). The fourth-order valence-electron chi connectivity index (χ4n) is 1.76. The van der Waals surface area contributed by atoms with E-state index in [1.165, 1.54) is 12.8 Å². The molecule has 1 heterocycles. The summed E-state index contributed by atoms with van der Waals surface area (Å²) in [5.74, 6) is 0.284. The molecule has 0 aliphatic carbocycles. The highest BCUT2D eigenvalue weighted by Crippen LogP contribution is 2.13. The second kappa shape index (κ2) is 6.80. The summed E-state index contributed by atoms with van der Waals surface area (Å²) in [7, 11) is 0. The molecule has 1 amide bonds. The van der Waals surface area contributed by atoms with Crippen LogP contribution in [-0.2, 0) is 9.53 Å². The zero-order valence-electron chi connectivity index (χ0n) is 9.50. The number of amides is 1. The van der Waals surface area contributed by atoms with Crippen molar-refractivity contribution in [1.29, 1.82) is 0 Å². The van der Waals surface area contributed by atoms with Crippen LogP contribution in [0.2, 0.25) is 0 Å². The van der Waals surface area contributed by atoms with Crippen molar-refractivity contribution in [3.05, 3.63) is 0 Å². The maximum absolute atomic E-state index is 10.7. The molecule has 4 heteroatoms. The molecule has 0 aromatic carbocycles. The zero-order valence-corrected chi connectivity index (χ0v) is 9.50. The average molecular weight is 214 g/mol. The van der Waals surface area contributed by atoms with Crippen LogP contribution < -0.4 is 11.1 Å². The molecule has 1 saturated heterocycles. The van der Waals surface area contributed by atoms with E-state index in [0.717, 1.165) is 32.0 Å². The number of nitrogens with one attached hydrogen (secondary N) is 1. The summed E-state index contributed by atoms with van der Waals surface area (Å²) >= 11 is 0. The second-order valence-electron chi connectivity index (χ2n) is 4.38. The molecular formula is C11H22N2O2. The first-order valence-electron chi connectivity index (χ1n) is 5.78. The smallest absolute Gasteiger partial charge is 0.222 e. The summed E-state index contributed by atoms with van der Waals surface area (Å²) < 4.78 is 5.43. The first kappa shape index (κ1) is 12.5. The number of piperidine rings is 1. The normalized spacial score (nSPS) is 23.7. The molecule has 0 bridgehead atoms. The van der Waals surface area contributed by atoms with Crippen LogP contribution in [0.15, 0.2) is 0 Å². The Morgan fingerprint density at radius 1 is 1.67 bits per heavy atom. The molecule has 88 valence electrons. The Kier molecular flexibility index (Phi) is 5.65. The van der Waals surface area contributed by atoms with Crippen LogP contribution in [-0.4, -0.2) is 32.2 Å². The minimum atomic E-state index is -0.283. The van der Waals surface area contributed by atoms with Gasteiger partial charge in [-0.15, -0.1) is 0 Å². The lowest BCUT2D eigenvalue weighted by molar-refractivity contribution is -0.123. The molecule has 0 aromatic rings. The predicted molar refractivity (Wildman–Crippen MR) is 59.4 cm³/mol. The van der Waals surface area contributed by atoms with E-state index in [4.69, 9.17) is 10.5 Å². The molecule has 3 N–H and O–H groups in total. The number of nitrogens with two attached hydrogens (primary N) is 1. The minimum Gasteiger partial charge on any atom is -0.381 e. The van der Waals surface area contributed by atoms with Gasteiger partial charge in [0.15, 0.2) is 0 Å². The van der Waals surface area contributed by atoms with Gasteiger partial charge in [0.1, 0.15) is 0 Å². The van der Waals surface area contributed by atoms with Gasteiger partial charge in [0.25, 0.3) is 0 Å². The van der Waals surface area contributed by atoms with Crippen LogP contribution >= 0.6 is 0 Å². The van der Waals surface area contributed by atoms with Crippen molar-refractivity contribution in [2.75, 3.05) is 26.3 Å². The molecular weight excluding hydrogens is 192 g/mol. The summed E-state index contributed by atoms with van der Waals surface area (Å²) in [4.78, 5) is 10.7. The van der Waals surface area contributed by atoms with Crippen LogP contribution in [0.5, 0.6) is 0 Å². The van der Waals surface area contributed by atoms with Gasteiger partial charge in [0.05, 0.1) is 12.5 Å². The fraction of sp³-hybridized carbons (Fsp3) is 0.909. The van der Waals surface area contributed by atoms with E-state index in [1.54, 1.807) is 6.92 Å². The molecule has 0 aromatic heterocycles. The third-order valence-electron chi connectivity index (χ3n) is 2.92. The summed E-state index contributed by atoms with van der Waals surface area (Å²) in [6.45, 7) is 5.24. The van der Waals surface area contributed by atoms with E-state index in [-0.39, 0.29) is 11.8 Å². The number of primary amides is 1. The van der Waals surface area contributed by atoms with Crippen molar-refractivity contribution < 1.29 is 9.53 Å². The molecule has 1 aliphatic rings. The monoisotopic (exact) mass is 214 g/mol. The van der Waals surface area contributed by atoms with Crippen molar-refractivity contribution in [3.8, 4) is 0 Å². The van der Waals surface area contributed by atoms with Gasteiger partial charge in [0, 0.05) is 6.61 Å². The van der Waals surface area contributed by atoms with Gasteiger partial charge in [0.2, 0.25) is 5.91 Å². The van der Waals surface area contributed by atoms with E-state index in [2.05, 4.69) is 5.32 Å². The van der Waals surface area contributed by atoms with Crippen molar-refractivity contribution in [2.45, 2.75) is 26.2 Å². The number of rotatable bonds is 6. The molecule has 0 saturated carbocycles. The maximum atomic E-state index is 10.7. The Hall–Kier alpha value is -0.610. The van der Waals surface area contributed by atoms with Crippen molar-refractivity contribution in [3.63, 3.8) is 0 Å². The molecule has 0 radical (unpaired) electrons. The Morgan fingerprint density at radius 3 is 3.07 bits per heavy atom. The topological polar surface area (TPSA) is 64.3 Å². The van der Waals surface area contributed by atoms with E-state index >= 15 is 0 Å². The van der Waals surface area contributed by atoms with Gasteiger partial charge in [-0.2, -0.15) is 0 Å². The van der Waals surface area contributed by atoms with Gasteiger partial charge in [-0.25, -0.2) is 0 Å². The molecule has 15 heavy (non-hydrogen) atoms. The van der Waals surface area contributed by atoms with E-state index in [0.29, 0.717) is 6.61 Å². The summed E-state index contributed by atoms with van der Waals surface area (Å²) in [6, 6.07) is 0. The van der Waals surface area contributed by atoms with E-state index < -0.39 is 0 Å². The molecule has 4 nitrogen and oxygen atoms in total. The van der Waals surface area contributed by atoms with Crippen molar-refractivity contribution in [1.82, 2.24) is 5.32 Å². The van der Waals surface area contributed by atoms with Crippen molar-refractivity contribution >= 4 is 5.91 Å². The highest BCUT2D eigenvalue weighted by atomic mass is 16.5. The standard InChI is InChI=1S/C11H22N2O2/c1-9(11(12)14)8-15-6-4-10-3-2-5-13-7-10/h9-10,13H,2-8H2,1H3,(H2,12,14). The Balaban J connectivity index is 1.98. The Morgan fingerprint density at radius 2 is 2.47 bits per heavy atom. The number of hydrogen-bond acceptors (Lipinski definition) is 3. The fourth-order valence-corrected chi connectivity index (χ4v) is 1.76. The third-order valence-corrected chi connectivity index (χ3v) is 2.92. The summed E-state index contributed by atoms with van der Waals surface area (Å²) in [6.07, 6.45) is 3.64. The highest BCUT2D eigenvalue weighted by molar-refractivity contribution is 5.76. The van der Waals surface area contributed by atoms with Gasteiger partial charge in [-0.3, -0.25) is 4.79 Å². The predicted octanol–water partition coefficient (Wildman–Crippen LogP) is 0.514. The number of carbonyl (C=O) groups excluding carboxylic acids is 1.